The van der Waals surface area contributed by atoms with Gasteiger partial charge in [-0.25, -0.2) is 4.79 Å². The minimum atomic E-state index is -1.21. The maximum atomic E-state index is 12.7. The van der Waals surface area contributed by atoms with Crippen molar-refractivity contribution >= 4 is 51.3 Å². The molecule has 4 aromatic rings. The fourth-order valence-electron chi connectivity index (χ4n) is 5.03. The number of carbonyl (C=O) groups excluding carboxylic acids is 5. The second-order valence-corrected chi connectivity index (χ2v) is 11.3. The highest BCUT2D eigenvalue weighted by molar-refractivity contribution is 5.88. The first-order chi connectivity index (χ1) is 23.5. The molecule has 0 aliphatic heterocycles. The quantitative estimate of drug-likeness (QED) is 0.129. The molecule has 1 amide bonds. The predicted octanol–water partition coefficient (Wildman–Crippen LogP) is 5.29. The molecule has 3 atom stereocenters. The van der Waals surface area contributed by atoms with Gasteiger partial charge in [0.25, 0.3) is 0 Å². The number of carbonyl (C=O) groups is 5. The molecule has 258 valence electrons. The molecule has 0 saturated carbocycles. The molecule has 4 rings (SSSR count). The summed E-state index contributed by atoms with van der Waals surface area (Å²) in [5.74, 6) is -3.26. The van der Waals surface area contributed by atoms with E-state index in [1.165, 1.54) is 6.92 Å². The standard InChI is InChI=1S/C37H39NO11/c1-22(25-6-8-29-18-31(44-4)12-10-27(29)16-25)35(41)47-20-46-34(40)15-14-33(38-24(3)39)37(43)49-21-48-36(42)23(2)26-7-9-30-19-32(45-5)13-11-28(30)17-26/h6-13,16-19,22-23,33H,14-15,20-21H2,1-5H3,(H,38,39). The zero-order valence-electron chi connectivity index (χ0n) is 28.0. The van der Waals surface area contributed by atoms with Crippen molar-refractivity contribution in [3.8, 4) is 11.5 Å². The molecule has 0 fully saturated rings. The second-order valence-electron chi connectivity index (χ2n) is 11.3. The van der Waals surface area contributed by atoms with Crippen LogP contribution < -0.4 is 14.8 Å². The van der Waals surface area contributed by atoms with Gasteiger partial charge in [-0.2, -0.15) is 0 Å². The average molecular weight is 674 g/mol. The summed E-state index contributed by atoms with van der Waals surface area (Å²) in [6.45, 7) is 3.23. The topological polar surface area (TPSA) is 153 Å². The fourth-order valence-corrected chi connectivity index (χ4v) is 5.03. The van der Waals surface area contributed by atoms with Gasteiger partial charge >= 0.3 is 23.9 Å². The highest BCUT2D eigenvalue weighted by atomic mass is 16.7. The molecule has 0 heterocycles. The summed E-state index contributed by atoms with van der Waals surface area (Å²) in [5, 5.41) is 6.14. The number of ether oxygens (including phenoxy) is 6. The van der Waals surface area contributed by atoms with Gasteiger partial charge in [-0.05, 0) is 77.2 Å². The average Bonchev–Trinajstić information content (AvgIpc) is 3.11. The summed E-state index contributed by atoms with van der Waals surface area (Å²) >= 11 is 0. The molecule has 0 saturated heterocycles. The monoisotopic (exact) mass is 673 g/mol. The Morgan fingerprint density at radius 3 is 1.49 bits per heavy atom. The molecular formula is C37H39NO11. The highest BCUT2D eigenvalue weighted by Gasteiger charge is 2.25. The van der Waals surface area contributed by atoms with Gasteiger partial charge in [0, 0.05) is 13.3 Å². The van der Waals surface area contributed by atoms with Crippen LogP contribution in [0.1, 0.15) is 56.6 Å². The maximum absolute atomic E-state index is 12.7. The third kappa shape index (κ3) is 9.92. The number of amides is 1. The smallest absolute Gasteiger partial charge is 0.331 e. The van der Waals surface area contributed by atoms with Gasteiger partial charge in [0.15, 0.2) is 0 Å². The molecule has 3 unspecified atom stereocenters. The normalized spacial score (nSPS) is 12.7. The van der Waals surface area contributed by atoms with E-state index in [0.29, 0.717) is 5.56 Å². The number of nitrogens with one attached hydrogen (secondary N) is 1. The van der Waals surface area contributed by atoms with Crippen LogP contribution in [0.5, 0.6) is 11.5 Å². The van der Waals surface area contributed by atoms with Crippen LogP contribution in [-0.4, -0.2) is 63.6 Å². The van der Waals surface area contributed by atoms with Gasteiger partial charge in [0.2, 0.25) is 19.5 Å². The third-order valence-corrected chi connectivity index (χ3v) is 7.97. The van der Waals surface area contributed by atoms with E-state index in [0.717, 1.165) is 38.6 Å². The summed E-state index contributed by atoms with van der Waals surface area (Å²) in [7, 11) is 3.17. The molecule has 12 heteroatoms. The Hall–Kier alpha value is -5.65. The van der Waals surface area contributed by atoms with E-state index in [4.69, 9.17) is 28.4 Å². The van der Waals surface area contributed by atoms with Crippen LogP contribution in [0.15, 0.2) is 72.8 Å². The number of benzene rings is 4. The molecule has 0 spiro atoms. The largest absolute Gasteiger partial charge is 0.497 e. The van der Waals surface area contributed by atoms with E-state index in [2.05, 4.69) is 5.32 Å². The fraction of sp³-hybridized carbons (Fsp3) is 0.324. The Balaban J connectivity index is 1.20. The van der Waals surface area contributed by atoms with Crippen LogP contribution in [-0.2, 0) is 42.9 Å². The molecule has 1 N–H and O–H groups in total. The summed E-state index contributed by atoms with van der Waals surface area (Å²) in [4.78, 5) is 62.0. The van der Waals surface area contributed by atoms with Gasteiger partial charge < -0.3 is 33.7 Å². The molecule has 49 heavy (non-hydrogen) atoms. The summed E-state index contributed by atoms with van der Waals surface area (Å²) < 4.78 is 30.9. The molecule has 0 bridgehead atoms. The first-order valence-electron chi connectivity index (χ1n) is 15.6. The summed E-state index contributed by atoms with van der Waals surface area (Å²) in [5.41, 5.74) is 1.43. The van der Waals surface area contributed by atoms with Gasteiger partial charge in [-0.15, -0.1) is 0 Å². The molecule has 0 aliphatic carbocycles. The first kappa shape index (κ1) is 36.2. The van der Waals surface area contributed by atoms with Crippen molar-refractivity contribution in [1.82, 2.24) is 5.32 Å². The van der Waals surface area contributed by atoms with Crippen LogP contribution in [0, 0.1) is 0 Å². The van der Waals surface area contributed by atoms with E-state index in [1.807, 2.05) is 66.7 Å². The van der Waals surface area contributed by atoms with E-state index < -0.39 is 61.2 Å². The van der Waals surface area contributed by atoms with Crippen LogP contribution >= 0.6 is 0 Å². The highest BCUT2D eigenvalue weighted by Crippen LogP contribution is 2.27. The van der Waals surface area contributed by atoms with Crippen LogP contribution in [0.25, 0.3) is 21.5 Å². The summed E-state index contributed by atoms with van der Waals surface area (Å²) in [6, 6.07) is 21.1. The Morgan fingerprint density at radius 2 is 1.02 bits per heavy atom. The zero-order chi connectivity index (χ0) is 35.5. The van der Waals surface area contributed by atoms with Crippen molar-refractivity contribution in [3.63, 3.8) is 0 Å². The lowest BCUT2D eigenvalue weighted by Gasteiger charge is -2.17. The predicted molar refractivity (Wildman–Crippen MR) is 179 cm³/mol. The lowest BCUT2D eigenvalue weighted by molar-refractivity contribution is -0.170. The van der Waals surface area contributed by atoms with Gasteiger partial charge in [0.05, 0.1) is 26.1 Å². The van der Waals surface area contributed by atoms with Crippen LogP contribution in [0.4, 0.5) is 0 Å². The first-order valence-corrected chi connectivity index (χ1v) is 15.6. The molecule has 0 aliphatic rings. The Kier molecular flexibility index (Phi) is 12.5. The lowest BCUT2D eigenvalue weighted by atomic mass is 9.98. The molecule has 12 nitrogen and oxygen atoms in total. The van der Waals surface area contributed by atoms with Crippen molar-refractivity contribution in [3.05, 3.63) is 83.9 Å². The zero-order valence-corrected chi connectivity index (χ0v) is 28.0. The SMILES string of the molecule is COc1ccc2cc(C(C)C(=O)OCOC(=O)CCC(NC(C)=O)C(=O)OCOC(=O)C(C)c3ccc4cc(OC)ccc4c3)ccc2c1. The number of rotatable bonds is 15. The molecule has 0 radical (unpaired) electrons. The van der Waals surface area contributed by atoms with E-state index in [1.54, 1.807) is 34.1 Å². The number of esters is 4. The second kappa shape index (κ2) is 17.0. The van der Waals surface area contributed by atoms with Crippen molar-refractivity contribution in [2.45, 2.75) is 51.5 Å². The lowest BCUT2D eigenvalue weighted by Crippen LogP contribution is -2.41. The van der Waals surface area contributed by atoms with E-state index >= 15 is 0 Å². The van der Waals surface area contributed by atoms with E-state index in [-0.39, 0.29) is 12.8 Å². The minimum Gasteiger partial charge on any atom is -0.497 e. The number of fused-ring (bicyclic) bond motifs is 2. The van der Waals surface area contributed by atoms with Gasteiger partial charge in [-0.3, -0.25) is 19.2 Å². The molecule has 4 aromatic carbocycles. The molecule has 0 aromatic heterocycles. The third-order valence-electron chi connectivity index (χ3n) is 7.97. The van der Waals surface area contributed by atoms with Crippen molar-refractivity contribution in [1.29, 1.82) is 0 Å². The van der Waals surface area contributed by atoms with Crippen molar-refractivity contribution < 1.29 is 52.4 Å². The summed E-state index contributed by atoms with van der Waals surface area (Å²) in [6.07, 6.45) is -0.471. The Bertz CT molecular complexity index is 1840. The molecular weight excluding hydrogens is 634 g/mol. The van der Waals surface area contributed by atoms with Gasteiger partial charge in [0.1, 0.15) is 17.5 Å². The maximum Gasteiger partial charge on any atom is 0.331 e. The Morgan fingerprint density at radius 1 is 0.592 bits per heavy atom. The van der Waals surface area contributed by atoms with E-state index in [9.17, 15) is 24.0 Å². The minimum absolute atomic E-state index is 0.171. The number of hydrogen-bond acceptors (Lipinski definition) is 11. The number of hydrogen-bond donors (Lipinski definition) is 1. The van der Waals surface area contributed by atoms with Crippen molar-refractivity contribution in [2.24, 2.45) is 0 Å². The Labute approximate surface area is 283 Å². The van der Waals surface area contributed by atoms with Crippen LogP contribution in [0.2, 0.25) is 0 Å². The van der Waals surface area contributed by atoms with Crippen molar-refractivity contribution in [2.75, 3.05) is 27.8 Å². The van der Waals surface area contributed by atoms with Gasteiger partial charge in [-0.1, -0.05) is 48.5 Å². The van der Waals surface area contributed by atoms with Crippen LogP contribution in [0.3, 0.4) is 0 Å². The number of methoxy groups -OCH3 is 2.